The van der Waals surface area contributed by atoms with E-state index in [1.807, 2.05) is 30.3 Å². The van der Waals surface area contributed by atoms with Crippen molar-refractivity contribution in [3.8, 4) is 5.75 Å². The largest absolute Gasteiger partial charge is 0.491 e. The molecule has 0 saturated carbocycles. The Bertz CT molecular complexity index is 599. The lowest BCUT2D eigenvalue weighted by Gasteiger charge is -2.14. The molecule has 106 valence electrons. The molecule has 0 aliphatic heterocycles. The maximum atomic E-state index is 6.14. The molecular formula is C16H19BrN2O. The highest BCUT2D eigenvalue weighted by Gasteiger charge is 2.06. The van der Waals surface area contributed by atoms with Gasteiger partial charge in [0, 0.05) is 10.2 Å². The van der Waals surface area contributed by atoms with Crippen LogP contribution >= 0.6 is 15.9 Å². The first kappa shape index (κ1) is 14.7. The summed E-state index contributed by atoms with van der Waals surface area (Å²) < 4.78 is 6.70. The molecular weight excluding hydrogens is 316 g/mol. The molecule has 0 spiro atoms. The van der Waals surface area contributed by atoms with Crippen LogP contribution in [0.5, 0.6) is 5.75 Å². The van der Waals surface area contributed by atoms with Crippen molar-refractivity contribution in [2.75, 3.05) is 17.7 Å². The number of para-hydroxylation sites is 1. The number of halogens is 1. The minimum Gasteiger partial charge on any atom is -0.491 e. The Hall–Kier alpha value is -1.68. The van der Waals surface area contributed by atoms with E-state index in [2.05, 4.69) is 41.2 Å². The standard InChI is InChI=1S/C16H19BrN2O/c1-3-9-20-15-6-4-5-14(16(15)18)19-12-8-7-11(2)13(17)10-12/h4-8,10,19H,3,9,18H2,1-2H3. The van der Waals surface area contributed by atoms with E-state index in [1.165, 1.54) is 5.56 Å². The molecule has 20 heavy (non-hydrogen) atoms. The molecule has 2 aromatic rings. The van der Waals surface area contributed by atoms with Crippen LogP contribution in [0.1, 0.15) is 18.9 Å². The average molecular weight is 335 g/mol. The van der Waals surface area contributed by atoms with Gasteiger partial charge >= 0.3 is 0 Å². The number of rotatable bonds is 5. The van der Waals surface area contributed by atoms with Crippen LogP contribution in [0.15, 0.2) is 40.9 Å². The van der Waals surface area contributed by atoms with E-state index in [0.29, 0.717) is 12.3 Å². The number of aryl methyl sites for hydroxylation is 1. The summed E-state index contributed by atoms with van der Waals surface area (Å²) in [5.74, 6) is 0.725. The molecule has 0 radical (unpaired) electrons. The third-order valence-electron chi connectivity index (χ3n) is 2.98. The van der Waals surface area contributed by atoms with Gasteiger partial charge in [0.05, 0.1) is 18.0 Å². The Kier molecular flexibility index (Phi) is 4.90. The molecule has 0 fully saturated rings. The molecule has 0 saturated heterocycles. The summed E-state index contributed by atoms with van der Waals surface area (Å²) in [6.07, 6.45) is 0.960. The van der Waals surface area contributed by atoms with Crippen LogP contribution in [0.3, 0.4) is 0 Å². The Balaban J connectivity index is 2.22. The minimum absolute atomic E-state index is 0.637. The fourth-order valence-electron chi connectivity index (χ4n) is 1.82. The fourth-order valence-corrected chi connectivity index (χ4v) is 2.20. The number of nitrogens with two attached hydrogens (primary N) is 1. The van der Waals surface area contributed by atoms with E-state index in [0.717, 1.165) is 28.0 Å². The van der Waals surface area contributed by atoms with Gasteiger partial charge in [-0.3, -0.25) is 0 Å². The number of anilines is 3. The first-order valence-corrected chi connectivity index (χ1v) is 7.45. The molecule has 4 heteroatoms. The number of hydrogen-bond acceptors (Lipinski definition) is 3. The molecule has 0 heterocycles. The van der Waals surface area contributed by atoms with Gasteiger partial charge in [0.1, 0.15) is 5.75 Å². The van der Waals surface area contributed by atoms with Crippen LogP contribution in [0.4, 0.5) is 17.1 Å². The van der Waals surface area contributed by atoms with Gasteiger partial charge < -0.3 is 15.8 Å². The SMILES string of the molecule is CCCOc1cccc(Nc2ccc(C)c(Br)c2)c1N. The Morgan fingerprint density at radius 3 is 2.75 bits per heavy atom. The maximum absolute atomic E-state index is 6.14. The van der Waals surface area contributed by atoms with Crippen LogP contribution in [0, 0.1) is 6.92 Å². The molecule has 0 amide bonds. The number of ether oxygens (including phenoxy) is 1. The Morgan fingerprint density at radius 1 is 1.25 bits per heavy atom. The molecule has 0 aliphatic rings. The van der Waals surface area contributed by atoms with Crippen LogP contribution < -0.4 is 15.8 Å². The quantitative estimate of drug-likeness (QED) is 0.766. The van der Waals surface area contributed by atoms with Gasteiger partial charge in [0.2, 0.25) is 0 Å². The van der Waals surface area contributed by atoms with E-state index in [4.69, 9.17) is 10.5 Å². The van der Waals surface area contributed by atoms with E-state index in [-0.39, 0.29) is 0 Å². The second-order valence-corrected chi connectivity index (χ2v) is 5.51. The third-order valence-corrected chi connectivity index (χ3v) is 3.83. The van der Waals surface area contributed by atoms with E-state index in [1.54, 1.807) is 0 Å². The number of nitrogens with one attached hydrogen (secondary N) is 1. The summed E-state index contributed by atoms with van der Waals surface area (Å²) in [6, 6.07) is 11.9. The average Bonchev–Trinajstić information content (AvgIpc) is 2.44. The minimum atomic E-state index is 0.637. The zero-order chi connectivity index (χ0) is 14.5. The molecule has 0 bridgehead atoms. The molecule has 2 rings (SSSR count). The summed E-state index contributed by atoms with van der Waals surface area (Å²) >= 11 is 3.53. The normalized spacial score (nSPS) is 10.3. The van der Waals surface area contributed by atoms with E-state index >= 15 is 0 Å². The smallest absolute Gasteiger partial charge is 0.144 e. The topological polar surface area (TPSA) is 47.3 Å². The highest BCUT2D eigenvalue weighted by atomic mass is 79.9. The fraction of sp³-hybridized carbons (Fsp3) is 0.250. The summed E-state index contributed by atoms with van der Waals surface area (Å²) in [6.45, 7) is 4.80. The van der Waals surface area contributed by atoms with Crippen molar-refractivity contribution < 1.29 is 4.74 Å². The summed E-state index contributed by atoms with van der Waals surface area (Å²) in [4.78, 5) is 0. The van der Waals surface area contributed by atoms with Crippen molar-refractivity contribution in [3.63, 3.8) is 0 Å². The summed E-state index contributed by atoms with van der Waals surface area (Å²) in [5, 5.41) is 3.32. The van der Waals surface area contributed by atoms with Crippen molar-refractivity contribution in [2.45, 2.75) is 20.3 Å². The summed E-state index contributed by atoms with van der Waals surface area (Å²) in [7, 11) is 0. The van der Waals surface area contributed by atoms with Crippen LogP contribution in [-0.4, -0.2) is 6.61 Å². The van der Waals surface area contributed by atoms with Gasteiger partial charge in [0.25, 0.3) is 0 Å². The summed E-state index contributed by atoms with van der Waals surface area (Å²) in [5.41, 5.74) is 9.82. The maximum Gasteiger partial charge on any atom is 0.144 e. The second-order valence-electron chi connectivity index (χ2n) is 4.65. The molecule has 3 N–H and O–H groups in total. The van der Waals surface area contributed by atoms with Crippen molar-refractivity contribution in [2.24, 2.45) is 0 Å². The zero-order valence-electron chi connectivity index (χ0n) is 11.7. The highest BCUT2D eigenvalue weighted by Crippen LogP contribution is 2.32. The van der Waals surface area contributed by atoms with Gasteiger partial charge in [-0.1, -0.05) is 35.0 Å². The van der Waals surface area contributed by atoms with Gasteiger partial charge in [-0.2, -0.15) is 0 Å². The lowest BCUT2D eigenvalue weighted by Crippen LogP contribution is -2.02. The molecule has 3 nitrogen and oxygen atoms in total. The van der Waals surface area contributed by atoms with Crippen LogP contribution in [0.25, 0.3) is 0 Å². The number of hydrogen-bond donors (Lipinski definition) is 2. The lowest BCUT2D eigenvalue weighted by molar-refractivity contribution is 0.319. The molecule has 0 aromatic heterocycles. The zero-order valence-corrected chi connectivity index (χ0v) is 13.3. The molecule has 0 aliphatic carbocycles. The van der Waals surface area contributed by atoms with E-state index < -0.39 is 0 Å². The Labute approximate surface area is 128 Å². The van der Waals surface area contributed by atoms with Gasteiger partial charge in [-0.05, 0) is 43.2 Å². The van der Waals surface area contributed by atoms with Gasteiger partial charge in [-0.25, -0.2) is 0 Å². The van der Waals surface area contributed by atoms with Crippen molar-refractivity contribution in [3.05, 3.63) is 46.4 Å². The van der Waals surface area contributed by atoms with Crippen molar-refractivity contribution in [1.82, 2.24) is 0 Å². The molecule has 2 aromatic carbocycles. The van der Waals surface area contributed by atoms with Crippen LogP contribution in [0.2, 0.25) is 0 Å². The van der Waals surface area contributed by atoms with Gasteiger partial charge in [0.15, 0.2) is 0 Å². The lowest BCUT2D eigenvalue weighted by atomic mass is 10.2. The monoisotopic (exact) mass is 334 g/mol. The first-order chi connectivity index (χ1) is 9.61. The predicted molar refractivity (Wildman–Crippen MR) is 88.8 cm³/mol. The Morgan fingerprint density at radius 2 is 2.05 bits per heavy atom. The number of nitrogen functional groups attached to an aromatic ring is 1. The third kappa shape index (κ3) is 3.45. The van der Waals surface area contributed by atoms with Crippen LogP contribution in [-0.2, 0) is 0 Å². The van der Waals surface area contributed by atoms with Crippen molar-refractivity contribution >= 4 is 33.0 Å². The van der Waals surface area contributed by atoms with Crippen molar-refractivity contribution in [1.29, 1.82) is 0 Å². The van der Waals surface area contributed by atoms with Gasteiger partial charge in [-0.15, -0.1) is 0 Å². The van der Waals surface area contributed by atoms with E-state index in [9.17, 15) is 0 Å². The highest BCUT2D eigenvalue weighted by molar-refractivity contribution is 9.10. The predicted octanol–water partition coefficient (Wildman–Crippen LogP) is 4.87. The first-order valence-electron chi connectivity index (χ1n) is 6.66. The second kappa shape index (κ2) is 6.66. The molecule has 0 unspecified atom stereocenters. The number of benzene rings is 2. The molecule has 0 atom stereocenters.